The van der Waals surface area contributed by atoms with Gasteiger partial charge in [-0.15, -0.1) is 0 Å². The molecule has 0 saturated carbocycles. The molecule has 1 rings (SSSR count). The molecule has 98 valence electrons. The Balaban J connectivity index is 1.88. The predicted octanol–water partition coefficient (Wildman–Crippen LogP) is 0.898. The third kappa shape index (κ3) is 7.76. The average Bonchev–Trinajstić information content (AvgIpc) is 2.73. The van der Waals surface area contributed by atoms with Crippen molar-refractivity contribution in [2.45, 2.75) is 25.7 Å². The van der Waals surface area contributed by atoms with Gasteiger partial charge < -0.3 is 9.72 Å². The van der Waals surface area contributed by atoms with Crippen molar-refractivity contribution in [3.63, 3.8) is 0 Å². The van der Waals surface area contributed by atoms with Crippen molar-refractivity contribution < 1.29 is 13.2 Å². The van der Waals surface area contributed by atoms with Gasteiger partial charge in [0, 0.05) is 18.9 Å². The van der Waals surface area contributed by atoms with Gasteiger partial charge in [0.2, 0.25) is 10.0 Å². The van der Waals surface area contributed by atoms with Crippen molar-refractivity contribution in [2.24, 2.45) is 0 Å². The fraction of sp³-hybridized carbons (Fsp3) is 0.700. The monoisotopic (exact) mass is 261 g/mol. The summed E-state index contributed by atoms with van der Waals surface area (Å²) < 4.78 is 29.3. The smallest absolute Gasteiger partial charge is 0.293 e. The van der Waals surface area contributed by atoms with Crippen LogP contribution in [0.2, 0.25) is 0 Å². The van der Waals surface area contributed by atoms with Crippen molar-refractivity contribution in [1.82, 2.24) is 14.7 Å². The molecule has 0 amide bonds. The maximum absolute atomic E-state index is 10.8. The molecule has 0 atom stereocenters. The number of rotatable bonds is 9. The topological polar surface area (TPSA) is 84.1 Å². The van der Waals surface area contributed by atoms with Crippen molar-refractivity contribution in [3.05, 3.63) is 12.4 Å². The molecule has 6 nitrogen and oxygen atoms in total. The van der Waals surface area contributed by atoms with Gasteiger partial charge >= 0.3 is 0 Å². The van der Waals surface area contributed by atoms with Crippen molar-refractivity contribution in [3.8, 4) is 6.01 Å². The van der Waals surface area contributed by atoms with Crippen molar-refractivity contribution in [1.29, 1.82) is 0 Å². The van der Waals surface area contributed by atoms with Gasteiger partial charge in [0.15, 0.2) is 0 Å². The first-order valence-electron chi connectivity index (χ1n) is 5.65. The largest absolute Gasteiger partial charge is 0.465 e. The second kappa shape index (κ2) is 7.29. The first-order chi connectivity index (χ1) is 8.08. The lowest BCUT2D eigenvalue weighted by molar-refractivity contribution is 0.284. The number of H-pyrrole nitrogens is 1. The van der Waals surface area contributed by atoms with Gasteiger partial charge in [-0.25, -0.2) is 18.1 Å². The molecule has 1 heterocycles. The van der Waals surface area contributed by atoms with Crippen LogP contribution in [0.4, 0.5) is 0 Å². The van der Waals surface area contributed by atoms with Crippen LogP contribution in [0.15, 0.2) is 12.4 Å². The summed E-state index contributed by atoms with van der Waals surface area (Å²) in [5.41, 5.74) is 0. The van der Waals surface area contributed by atoms with Crippen LogP contribution in [0.3, 0.4) is 0 Å². The maximum Gasteiger partial charge on any atom is 0.293 e. The number of aromatic amines is 1. The Labute approximate surface area is 102 Å². The number of ether oxygens (including phenoxy) is 1. The Hall–Kier alpha value is -1.08. The van der Waals surface area contributed by atoms with E-state index in [-0.39, 0.29) is 0 Å². The minimum absolute atomic E-state index is 0.512. The van der Waals surface area contributed by atoms with Gasteiger partial charge in [-0.05, 0) is 12.8 Å². The third-order valence-corrected chi connectivity index (χ3v) is 2.88. The molecule has 17 heavy (non-hydrogen) atoms. The lowest BCUT2D eigenvalue weighted by Gasteiger charge is -2.03. The van der Waals surface area contributed by atoms with E-state index in [1.54, 1.807) is 12.4 Å². The highest BCUT2D eigenvalue weighted by atomic mass is 32.2. The molecule has 0 saturated heterocycles. The van der Waals surface area contributed by atoms with Gasteiger partial charge in [0.25, 0.3) is 6.01 Å². The van der Waals surface area contributed by atoms with Crippen LogP contribution in [-0.4, -0.2) is 37.8 Å². The Morgan fingerprint density at radius 2 is 2.12 bits per heavy atom. The van der Waals surface area contributed by atoms with E-state index < -0.39 is 10.0 Å². The van der Waals surface area contributed by atoms with Gasteiger partial charge in [-0.2, -0.15) is 0 Å². The molecule has 0 aliphatic heterocycles. The second-order valence-electron chi connectivity index (χ2n) is 3.82. The number of nitrogens with zero attached hydrogens (tertiary/aromatic N) is 1. The van der Waals surface area contributed by atoms with E-state index >= 15 is 0 Å². The number of unbranched alkanes of at least 4 members (excludes halogenated alkanes) is 3. The zero-order valence-electron chi connectivity index (χ0n) is 9.98. The Morgan fingerprint density at radius 3 is 2.76 bits per heavy atom. The van der Waals surface area contributed by atoms with Crippen LogP contribution in [0.25, 0.3) is 0 Å². The summed E-state index contributed by atoms with van der Waals surface area (Å²) in [4.78, 5) is 6.79. The van der Waals surface area contributed by atoms with E-state index in [0.29, 0.717) is 19.2 Å². The minimum atomic E-state index is -3.04. The average molecular weight is 261 g/mol. The van der Waals surface area contributed by atoms with Crippen LogP contribution < -0.4 is 9.46 Å². The highest BCUT2D eigenvalue weighted by Gasteiger charge is 1.99. The molecule has 1 aromatic heterocycles. The molecule has 7 heteroatoms. The summed E-state index contributed by atoms with van der Waals surface area (Å²) in [5.74, 6) is 0. The van der Waals surface area contributed by atoms with Gasteiger partial charge in [-0.3, -0.25) is 0 Å². The molecule has 0 aliphatic carbocycles. The predicted molar refractivity (Wildman–Crippen MR) is 65.4 cm³/mol. The van der Waals surface area contributed by atoms with E-state index in [2.05, 4.69) is 14.7 Å². The van der Waals surface area contributed by atoms with E-state index in [1.807, 2.05) is 0 Å². The molecule has 0 radical (unpaired) electrons. The van der Waals surface area contributed by atoms with E-state index in [4.69, 9.17) is 4.74 Å². The zero-order chi connectivity index (χ0) is 12.6. The van der Waals surface area contributed by atoms with Crippen LogP contribution in [0.1, 0.15) is 25.7 Å². The molecule has 1 aromatic rings. The summed E-state index contributed by atoms with van der Waals surface area (Å²) in [7, 11) is -3.04. The van der Waals surface area contributed by atoms with Crippen LogP contribution in [0, 0.1) is 0 Å². The molecule has 2 N–H and O–H groups in total. The zero-order valence-corrected chi connectivity index (χ0v) is 10.8. The van der Waals surface area contributed by atoms with E-state index in [0.717, 1.165) is 25.7 Å². The molecular formula is C10H19N3O3S. The molecule has 0 fully saturated rings. The highest BCUT2D eigenvalue weighted by molar-refractivity contribution is 7.88. The Bertz CT molecular complexity index is 389. The lowest BCUT2D eigenvalue weighted by Crippen LogP contribution is -2.22. The quantitative estimate of drug-likeness (QED) is 0.647. The first-order valence-corrected chi connectivity index (χ1v) is 7.54. The molecule has 0 spiro atoms. The summed E-state index contributed by atoms with van der Waals surface area (Å²) >= 11 is 0. The Morgan fingerprint density at radius 1 is 1.35 bits per heavy atom. The van der Waals surface area contributed by atoms with Gasteiger partial charge in [0.1, 0.15) is 0 Å². The molecule has 0 aromatic carbocycles. The second-order valence-corrected chi connectivity index (χ2v) is 5.66. The Kier molecular flexibility index (Phi) is 5.99. The summed E-state index contributed by atoms with van der Waals surface area (Å²) in [6.07, 6.45) is 8.34. The standard InChI is InChI=1S/C10H19N3O3S/c1-17(14,15)13-6-4-2-3-5-9-16-10-11-7-8-12-10/h7-8,13H,2-6,9H2,1H3,(H,11,12). The van der Waals surface area contributed by atoms with Crippen LogP contribution in [-0.2, 0) is 10.0 Å². The first kappa shape index (κ1) is 14.0. The van der Waals surface area contributed by atoms with Crippen LogP contribution >= 0.6 is 0 Å². The van der Waals surface area contributed by atoms with Crippen molar-refractivity contribution in [2.75, 3.05) is 19.4 Å². The SMILES string of the molecule is CS(=O)(=O)NCCCCCCOc1ncc[nH]1. The molecule has 0 bridgehead atoms. The number of sulfonamides is 1. The summed E-state index contributed by atoms with van der Waals surface area (Å²) in [5, 5.41) is 0. The number of aromatic nitrogens is 2. The molecule has 0 unspecified atom stereocenters. The molecular weight excluding hydrogens is 242 g/mol. The number of imidazole rings is 1. The highest BCUT2D eigenvalue weighted by Crippen LogP contribution is 2.03. The number of hydrogen-bond donors (Lipinski definition) is 2. The normalized spacial score (nSPS) is 11.6. The minimum Gasteiger partial charge on any atom is -0.465 e. The van der Waals surface area contributed by atoms with E-state index in [9.17, 15) is 8.42 Å². The summed E-state index contributed by atoms with van der Waals surface area (Å²) in [6, 6.07) is 0.545. The van der Waals surface area contributed by atoms with Crippen LogP contribution in [0.5, 0.6) is 6.01 Å². The van der Waals surface area contributed by atoms with E-state index in [1.165, 1.54) is 6.26 Å². The number of hydrogen-bond acceptors (Lipinski definition) is 4. The van der Waals surface area contributed by atoms with Gasteiger partial charge in [0.05, 0.1) is 12.9 Å². The van der Waals surface area contributed by atoms with Crippen molar-refractivity contribution >= 4 is 10.0 Å². The van der Waals surface area contributed by atoms with Gasteiger partial charge in [-0.1, -0.05) is 12.8 Å². The fourth-order valence-electron chi connectivity index (χ4n) is 1.34. The summed E-state index contributed by atoms with van der Waals surface area (Å²) in [6.45, 7) is 1.14. The lowest BCUT2D eigenvalue weighted by atomic mass is 10.2. The third-order valence-electron chi connectivity index (χ3n) is 2.15. The molecule has 0 aliphatic rings. The number of nitrogens with one attached hydrogen (secondary N) is 2. The maximum atomic E-state index is 10.8. The fourth-order valence-corrected chi connectivity index (χ4v) is 1.85.